The molecule has 0 spiro atoms. The molecule has 1 atom stereocenters. The van der Waals surface area contributed by atoms with E-state index in [4.69, 9.17) is 5.11 Å². The number of carbonyl (C=O) groups excluding carboxylic acids is 1. The predicted octanol–water partition coefficient (Wildman–Crippen LogP) is 1.88. The van der Waals surface area contributed by atoms with Gasteiger partial charge in [-0.05, 0) is 12.0 Å². The maximum absolute atomic E-state index is 11.7. The van der Waals surface area contributed by atoms with E-state index in [1.54, 1.807) is 6.92 Å². The van der Waals surface area contributed by atoms with Crippen molar-refractivity contribution in [2.45, 2.75) is 25.8 Å². The highest BCUT2D eigenvalue weighted by atomic mass is 79.9. The fourth-order valence-electron chi connectivity index (χ4n) is 1.55. The molecule has 7 nitrogen and oxygen atoms in total. The number of aliphatic carboxylic acids is 1. The topological polar surface area (TPSA) is 110 Å². The lowest BCUT2D eigenvalue weighted by atomic mass is 10.1. The van der Waals surface area contributed by atoms with Crippen molar-refractivity contribution in [2.75, 3.05) is 0 Å². The standard InChI is InChI=1S/C12H13BrN2O5/c1-2-10(12(17)18)14-11(16)5-7-3-4-8(15(19)20)6-9(7)13/h3-4,6,10H,2,5H2,1H3,(H,14,16)(H,17,18). The minimum absolute atomic E-state index is 0.0532. The van der Waals surface area contributed by atoms with Crippen molar-refractivity contribution in [3.8, 4) is 0 Å². The Balaban J connectivity index is 2.76. The van der Waals surface area contributed by atoms with Gasteiger partial charge in [-0.2, -0.15) is 0 Å². The van der Waals surface area contributed by atoms with Crippen LogP contribution in [0.1, 0.15) is 18.9 Å². The van der Waals surface area contributed by atoms with Crippen LogP contribution in [0.25, 0.3) is 0 Å². The first-order valence-electron chi connectivity index (χ1n) is 5.80. The van der Waals surface area contributed by atoms with Gasteiger partial charge in [-0.15, -0.1) is 0 Å². The molecule has 1 amide bonds. The Hall–Kier alpha value is -1.96. The molecule has 2 N–H and O–H groups in total. The molecule has 0 aliphatic rings. The molecule has 0 radical (unpaired) electrons. The van der Waals surface area contributed by atoms with Gasteiger partial charge in [0.15, 0.2) is 0 Å². The maximum Gasteiger partial charge on any atom is 0.326 e. The normalized spacial score (nSPS) is 11.7. The van der Waals surface area contributed by atoms with E-state index in [2.05, 4.69) is 21.2 Å². The predicted molar refractivity (Wildman–Crippen MR) is 74.4 cm³/mol. The molecule has 0 fully saturated rings. The number of nitrogens with one attached hydrogen (secondary N) is 1. The van der Waals surface area contributed by atoms with Gasteiger partial charge in [-0.25, -0.2) is 4.79 Å². The zero-order valence-corrected chi connectivity index (χ0v) is 12.2. The van der Waals surface area contributed by atoms with Crippen molar-refractivity contribution in [1.29, 1.82) is 0 Å². The Kier molecular flexibility index (Phi) is 5.63. The first kappa shape index (κ1) is 16.1. The van der Waals surface area contributed by atoms with Crippen LogP contribution in [-0.4, -0.2) is 27.9 Å². The third-order valence-corrected chi connectivity index (χ3v) is 3.38. The van der Waals surface area contributed by atoms with Crippen LogP contribution in [0.3, 0.4) is 0 Å². The van der Waals surface area contributed by atoms with Crippen LogP contribution in [0.2, 0.25) is 0 Å². The second-order valence-electron chi connectivity index (χ2n) is 4.08. The highest BCUT2D eigenvalue weighted by Gasteiger charge is 2.18. The first-order chi connectivity index (χ1) is 9.35. The smallest absolute Gasteiger partial charge is 0.326 e. The van der Waals surface area contributed by atoms with Crippen LogP contribution >= 0.6 is 15.9 Å². The Morgan fingerprint density at radius 1 is 1.50 bits per heavy atom. The molecule has 0 aliphatic carbocycles. The number of hydrogen-bond acceptors (Lipinski definition) is 4. The summed E-state index contributed by atoms with van der Waals surface area (Å²) in [5, 5.41) is 21.8. The lowest BCUT2D eigenvalue weighted by Gasteiger charge is -2.12. The van der Waals surface area contributed by atoms with Crippen LogP contribution in [-0.2, 0) is 16.0 Å². The third kappa shape index (κ3) is 4.30. The van der Waals surface area contributed by atoms with Crippen LogP contribution in [0, 0.1) is 10.1 Å². The Morgan fingerprint density at radius 3 is 2.60 bits per heavy atom. The maximum atomic E-state index is 11.7. The van der Waals surface area contributed by atoms with Crippen molar-refractivity contribution in [2.24, 2.45) is 0 Å². The molecule has 1 aromatic carbocycles. The Morgan fingerprint density at radius 2 is 2.15 bits per heavy atom. The molecule has 0 saturated carbocycles. The summed E-state index contributed by atoms with van der Waals surface area (Å²) in [5.41, 5.74) is 0.464. The highest BCUT2D eigenvalue weighted by Crippen LogP contribution is 2.23. The van der Waals surface area contributed by atoms with Crippen LogP contribution < -0.4 is 5.32 Å². The van der Waals surface area contributed by atoms with Crippen LogP contribution in [0.4, 0.5) is 5.69 Å². The number of benzene rings is 1. The van der Waals surface area contributed by atoms with Crippen LogP contribution in [0.15, 0.2) is 22.7 Å². The molecule has 1 rings (SSSR count). The summed E-state index contributed by atoms with van der Waals surface area (Å²) in [6.07, 6.45) is 0.227. The molecule has 8 heteroatoms. The molecule has 20 heavy (non-hydrogen) atoms. The van der Waals surface area contributed by atoms with E-state index < -0.39 is 22.8 Å². The van der Waals surface area contributed by atoms with Gasteiger partial charge in [0.05, 0.1) is 11.3 Å². The van der Waals surface area contributed by atoms with E-state index in [9.17, 15) is 19.7 Å². The largest absolute Gasteiger partial charge is 0.480 e. The number of amides is 1. The van der Waals surface area contributed by atoms with Gasteiger partial charge in [0, 0.05) is 16.6 Å². The number of hydrogen-bond donors (Lipinski definition) is 2. The van der Waals surface area contributed by atoms with Crippen molar-refractivity contribution in [3.05, 3.63) is 38.3 Å². The van der Waals surface area contributed by atoms with Gasteiger partial charge in [0.25, 0.3) is 5.69 Å². The number of nitro groups is 1. The Labute approximate surface area is 123 Å². The van der Waals surface area contributed by atoms with Crippen molar-refractivity contribution in [3.63, 3.8) is 0 Å². The zero-order valence-electron chi connectivity index (χ0n) is 10.6. The lowest BCUT2D eigenvalue weighted by Crippen LogP contribution is -2.41. The number of non-ortho nitro benzene ring substituents is 1. The summed E-state index contributed by atoms with van der Waals surface area (Å²) in [5.74, 6) is -1.54. The number of carboxylic acid groups (broad SMARTS) is 1. The number of nitro benzene ring substituents is 1. The van der Waals surface area contributed by atoms with Gasteiger partial charge in [-0.1, -0.05) is 28.9 Å². The van der Waals surface area contributed by atoms with E-state index in [1.165, 1.54) is 18.2 Å². The second kappa shape index (κ2) is 6.99. The lowest BCUT2D eigenvalue weighted by molar-refractivity contribution is -0.384. The van der Waals surface area contributed by atoms with Gasteiger partial charge < -0.3 is 10.4 Å². The third-order valence-electron chi connectivity index (χ3n) is 2.64. The van der Waals surface area contributed by atoms with E-state index in [-0.39, 0.29) is 18.5 Å². The molecule has 0 aromatic heterocycles. The van der Waals surface area contributed by atoms with Crippen molar-refractivity contribution < 1.29 is 19.6 Å². The van der Waals surface area contributed by atoms with E-state index in [0.717, 1.165) is 0 Å². The quantitative estimate of drug-likeness (QED) is 0.604. The molecule has 0 aliphatic heterocycles. The molecular weight excluding hydrogens is 332 g/mol. The summed E-state index contributed by atoms with van der Waals surface area (Å²) >= 11 is 3.16. The zero-order chi connectivity index (χ0) is 15.3. The molecule has 0 heterocycles. The fourth-order valence-corrected chi connectivity index (χ4v) is 2.06. The van der Waals surface area contributed by atoms with Gasteiger partial charge in [0.2, 0.25) is 5.91 Å². The summed E-state index contributed by atoms with van der Waals surface area (Å²) in [6, 6.07) is 3.13. The molecular formula is C12H13BrN2O5. The number of carbonyl (C=O) groups is 2. The molecule has 1 unspecified atom stereocenters. The minimum Gasteiger partial charge on any atom is -0.480 e. The molecule has 0 saturated heterocycles. The number of halogens is 1. The summed E-state index contributed by atoms with van der Waals surface area (Å²) in [7, 11) is 0. The minimum atomic E-state index is -1.09. The van der Waals surface area contributed by atoms with Gasteiger partial charge in [0.1, 0.15) is 6.04 Å². The monoisotopic (exact) mass is 344 g/mol. The molecule has 108 valence electrons. The average Bonchev–Trinajstić information content (AvgIpc) is 2.37. The average molecular weight is 345 g/mol. The molecule has 0 bridgehead atoms. The fraction of sp³-hybridized carbons (Fsp3) is 0.333. The van der Waals surface area contributed by atoms with Crippen LogP contribution in [0.5, 0.6) is 0 Å². The van der Waals surface area contributed by atoms with E-state index in [0.29, 0.717) is 10.0 Å². The molecule has 1 aromatic rings. The van der Waals surface area contributed by atoms with E-state index >= 15 is 0 Å². The van der Waals surface area contributed by atoms with E-state index in [1.807, 2.05) is 0 Å². The summed E-state index contributed by atoms with van der Waals surface area (Å²) in [6.45, 7) is 1.65. The SMILES string of the molecule is CCC(NC(=O)Cc1ccc([N+](=O)[O-])cc1Br)C(=O)O. The number of nitrogens with zero attached hydrogens (tertiary/aromatic N) is 1. The summed E-state index contributed by atoms with van der Waals surface area (Å²) in [4.78, 5) is 32.6. The van der Waals surface area contributed by atoms with Gasteiger partial charge >= 0.3 is 5.97 Å². The summed E-state index contributed by atoms with van der Waals surface area (Å²) < 4.78 is 0.435. The van der Waals surface area contributed by atoms with Crippen molar-refractivity contribution in [1.82, 2.24) is 5.32 Å². The first-order valence-corrected chi connectivity index (χ1v) is 6.59. The van der Waals surface area contributed by atoms with Crippen molar-refractivity contribution >= 4 is 33.5 Å². The highest BCUT2D eigenvalue weighted by molar-refractivity contribution is 9.10. The van der Waals surface area contributed by atoms with Gasteiger partial charge in [-0.3, -0.25) is 14.9 Å². The Bertz CT molecular complexity index is 547. The number of rotatable bonds is 6. The number of carboxylic acids is 1. The second-order valence-corrected chi connectivity index (χ2v) is 4.93.